The summed E-state index contributed by atoms with van der Waals surface area (Å²) < 4.78 is 5.00. The number of thiophene rings is 1. The van der Waals surface area contributed by atoms with Gasteiger partial charge in [-0.25, -0.2) is 4.79 Å². The van der Waals surface area contributed by atoms with E-state index in [0.29, 0.717) is 26.6 Å². The van der Waals surface area contributed by atoms with Crippen LogP contribution in [-0.4, -0.2) is 23.6 Å². The number of amides is 1. The molecule has 1 aromatic heterocycles. The van der Waals surface area contributed by atoms with Crippen LogP contribution in [0.4, 0.5) is 5.00 Å². The molecule has 1 amide bonds. The summed E-state index contributed by atoms with van der Waals surface area (Å²) in [6, 6.07) is 7.55. The largest absolute Gasteiger partial charge is 0.462 e. The first-order valence-corrected chi connectivity index (χ1v) is 9.40. The van der Waals surface area contributed by atoms with E-state index in [1.807, 2.05) is 19.9 Å². The third-order valence-electron chi connectivity index (χ3n) is 3.66. The van der Waals surface area contributed by atoms with Crippen molar-refractivity contribution in [1.29, 1.82) is 5.26 Å². The Bertz CT molecular complexity index is 938. The quantitative estimate of drug-likeness (QED) is 0.597. The average molecular weight is 402 g/mol. The molecule has 0 aliphatic carbocycles. The Balaban J connectivity index is 2.18. The molecule has 0 atom stereocenters. The van der Waals surface area contributed by atoms with Gasteiger partial charge in [-0.2, -0.15) is 5.26 Å². The smallest absolute Gasteiger partial charge is 0.348 e. The Morgan fingerprint density at radius 2 is 1.85 bits per heavy atom. The zero-order valence-electron chi connectivity index (χ0n) is 15.4. The van der Waals surface area contributed by atoms with E-state index >= 15 is 0 Å². The highest BCUT2D eigenvalue weighted by Crippen LogP contribution is 2.33. The second-order valence-corrected chi connectivity index (χ2v) is 7.31. The maximum absolute atomic E-state index is 12.4. The van der Waals surface area contributed by atoms with Gasteiger partial charge in [0.2, 0.25) is 0 Å². The van der Waals surface area contributed by atoms with E-state index < -0.39 is 5.97 Å². The van der Waals surface area contributed by atoms with Gasteiger partial charge in [0.05, 0.1) is 12.2 Å². The second-order valence-electron chi connectivity index (χ2n) is 5.88. The van der Waals surface area contributed by atoms with E-state index in [9.17, 15) is 14.9 Å². The number of hydrogen-bond acceptors (Lipinski definition) is 6. The average Bonchev–Trinajstić information content (AvgIpc) is 2.89. The molecule has 0 saturated heterocycles. The lowest BCUT2D eigenvalue weighted by atomic mass is 10.1. The topological polar surface area (TPSA) is 91.2 Å². The van der Waals surface area contributed by atoms with Gasteiger partial charge in [0.15, 0.2) is 5.11 Å². The number of rotatable bonds is 4. The van der Waals surface area contributed by atoms with Crippen LogP contribution in [0.2, 0.25) is 0 Å². The number of aryl methyl sites for hydroxylation is 2. The van der Waals surface area contributed by atoms with Crippen LogP contribution in [0.5, 0.6) is 0 Å². The fourth-order valence-electron chi connectivity index (χ4n) is 2.54. The zero-order valence-corrected chi connectivity index (χ0v) is 17.1. The number of nitrogens with one attached hydrogen (secondary N) is 2. The highest BCUT2D eigenvalue weighted by molar-refractivity contribution is 7.80. The number of ether oxygens (including phenoxy) is 1. The van der Waals surface area contributed by atoms with E-state index in [0.717, 1.165) is 22.5 Å². The highest BCUT2D eigenvalue weighted by atomic mass is 32.1. The van der Waals surface area contributed by atoms with Gasteiger partial charge in [0.1, 0.15) is 15.9 Å². The van der Waals surface area contributed by atoms with Gasteiger partial charge in [-0.05, 0) is 57.6 Å². The molecule has 1 aromatic carbocycles. The van der Waals surface area contributed by atoms with Gasteiger partial charge in [-0.15, -0.1) is 11.3 Å². The number of thiocarbonyl (C=S) groups is 1. The lowest BCUT2D eigenvalue weighted by molar-refractivity contribution is 0.0531. The van der Waals surface area contributed by atoms with Crippen molar-refractivity contribution in [3.8, 4) is 6.07 Å². The summed E-state index contributed by atoms with van der Waals surface area (Å²) in [5.74, 6) is -0.841. The van der Waals surface area contributed by atoms with Gasteiger partial charge in [0.25, 0.3) is 5.91 Å². The summed E-state index contributed by atoms with van der Waals surface area (Å²) in [6.07, 6.45) is 0. The summed E-state index contributed by atoms with van der Waals surface area (Å²) in [7, 11) is 0. The van der Waals surface area contributed by atoms with Crippen LogP contribution < -0.4 is 10.6 Å². The SMILES string of the molecule is CCOC(=O)c1sc(NC(=S)NC(=O)c2cc(C)cc(C)c2)c(C#N)c1C. The van der Waals surface area contributed by atoms with E-state index in [-0.39, 0.29) is 17.6 Å². The summed E-state index contributed by atoms with van der Waals surface area (Å²) in [5, 5.41) is 15.3. The van der Waals surface area contributed by atoms with Gasteiger partial charge in [-0.1, -0.05) is 17.2 Å². The normalized spacial score (nSPS) is 10.0. The number of hydrogen-bond donors (Lipinski definition) is 2. The maximum Gasteiger partial charge on any atom is 0.348 e. The first-order valence-electron chi connectivity index (χ1n) is 8.18. The van der Waals surface area contributed by atoms with Crippen LogP contribution >= 0.6 is 23.6 Å². The van der Waals surface area contributed by atoms with Crippen molar-refractivity contribution in [1.82, 2.24) is 5.32 Å². The van der Waals surface area contributed by atoms with Crippen LogP contribution in [0.3, 0.4) is 0 Å². The third-order valence-corrected chi connectivity index (χ3v) is 5.05. The molecule has 0 bridgehead atoms. The number of carbonyl (C=O) groups excluding carboxylic acids is 2. The van der Waals surface area contributed by atoms with E-state index in [4.69, 9.17) is 17.0 Å². The van der Waals surface area contributed by atoms with Crippen LogP contribution in [0.15, 0.2) is 18.2 Å². The molecule has 0 unspecified atom stereocenters. The molecule has 2 N–H and O–H groups in total. The summed E-state index contributed by atoms with van der Waals surface area (Å²) in [5.41, 5.74) is 3.25. The van der Waals surface area contributed by atoms with Crippen LogP contribution in [0.1, 0.15) is 49.2 Å². The first-order chi connectivity index (χ1) is 12.8. The third kappa shape index (κ3) is 4.90. The maximum atomic E-state index is 12.4. The molecule has 2 rings (SSSR count). The molecule has 8 heteroatoms. The Morgan fingerprint density at radius 1 is 1.22 bits per heavy atom. The van der Waals surface area contributed by atoms with Crippen molar-refractivity contribution in [3.05, 3.63) is 50.9 Å². The minimum absolute atomic E-state index is 0.0484. The second kappa shape index (κ2) is 8.75. The Kier molecular flexibility index (Phi) is 6.66. The van der Waals surface area contributed by atoms with E-state index in [2.05, 4.69) is 16.7 Å². The van der Waals surface area contributed by atoms with Gasteiger partial charge in [-0.3, -0.25) is 10.1 Å². The molecule has 2 aromatic rings. The number of anilines is 1. The van der Waals surface area contributed by atoms with Gasteiger partial charge in [0, 0.05) is 5.56 Å². The highest BCUT2D eigenvalue weighted by Gasteiger charge is 2.22. The minimum atomic E-state index is -0.491. The molecular weight excluding hydrogens is 382 g/mol. The molecule has 140 valence electrons. The number of benzene rings is 1. The Labute approximate surface area is 167 Å². The predicted octanol–water partition coefficient (Wildman–Crippen LogP) is 3.85. The molecular formula is C19H19N3O3S2. The standard InChI is InChI=1S/C19H19N3O3S2/c1-5-25-18(24)15-12(4)14(9-20)17(27-15)22-19(26)21-16(23)13-7-10(2)6-11(3)8-13/h6-8H,5H2,1-4H3,(H2,21,22,23,26). The van der Waals surface area contributed by atoms with Crippen LogP contribution in [0, 0.1) is 32.1 Å². The van der Waals surface area contributed by atoms with Crippen molar-refractivity contribution in [2.24, 2.45) is 0 Å². The summed E-state index contributed by atoms with van der Waals surface area (Å²) in [6.45, 7) is 7.44. The zero-order chi connectivity index (χ0) is 20.1. The molecule has 0 radical (unpaired) electrons. The number of nitrogens with zero attached hydrogens (tertiary/aromatic N) is 1. The molecule has 6 nitrogen and oxygen atoms in total. The number of carbonyl (C=O) groups is 2. The van der Waals surface area contributed by atoms with E-state index in [1.165, 1.54) is 0 Å². The molecule has 27 heavy (non-hydrogen) atoms. The summed E-state index contributed by atoms with van der Waals surface area (Å²) >= 11 is 6.26. The monoisotopic (exact) mass is 401 g/mol. The molecule has 0 saturated carbocycles. The van der Waals surface area contributed by atoms with Crippen LogP contribution in [0.25, 0.3) is 0 Å². The van der Waals surface area contributed by atoms with Crippen LogP contribution in [-0.2, 0) is 4.74 Å². The minimum Gasteiger partial charge on any atom is -0.462 e. The van der Waals surface area contributed by atoms with Gasteiger partial charge < -0.3 is 10.1 Å². The molecule has 0 aliphatic heterocycles. The van der Waals surface area contributed by atoms with Crippen molar-refractivity contribution in [3.63, 3.8) is 0 Å². The van der Waals surface area contributed by atoms with Crippen molar-refractivity contribution in [2.75, 3.05) is 11.9 Å². The van der Waals surface area contributed by atoms with Crippen molar-refractivity contribution >= 4 is 45.5 Å². The molecule has 0 spiro atoms. The number of nitriles is 1. The van der Waals surface area contributed by atoms with Crippen molar-refractivity contribution in [2.45, 2.75) is 27.7 Å². The first kappa shape index (κ1) is 20.6. The van der Waals surface area contributed by atoms with Gasteiger partial charge >= 0.3 is 5.97 Å². The lowest BCUT2D eigenvalue weighted by Gasteiger charge is -2.09. The fourth-order valence-corrected chi connectivity index (χ4v) is 3.86. The molecule has 0 aliphatic rings. The molecule has 1 heterocycles. The summed E-state index contributed by atoms with van der Waals surface area (Å²) in [4.78, 5) is 24.7. The van der Waals surface area contributed by atoms with Crippen molar-refractivity contribution < 1.29 is 14.3 Å². The van der Waals surface area contributed by atoms with E-state index in [1.54, 1.807) is 26.0 Å². The fraction of sp³-hybridized carbons (Fsp3) is 0.263. The Morgan fingerprint density at radius 3 is 2.41 bits per heavy atom. The lowest BCUT2D eigenvalue weighted by Crippen LogP contribution is -2.34. The predicted molar refractivity (Wildman–Crippen MR) is 109 cm³/mol. The number of esters is 1. The molecule has 0 fully saturated rings. The Hall–Kier alpha value is -2.76.